The van der Waals surface area contributed by atoms with Gasteiger partial charge in [0.2, 0.25) is 6.30 Å². The molecule has 1 saturated heterocycles. The van der Waals surface area contributed by atoms with E-state index < -0.39 is 31.4 Å². The zero-order valence-electron chi connectivity index (χ0n) is 9.60. The predicted molar refractivity (Wildman–Crippen MR) is 49.1 cm³/mol. The number of nitrogens with zero attached hydrogens (tertiary/aromatic N) is 1. The molecule has 1 heterocycles. The smallest absolute Gasteiger partial charge is 0.379 e. The third-order valence-electron chi connectivity index (χ3n) is 2.42. The highest BCUT2D eigenvalue weighted by Gasteiger charge is 2.50. The fourth-order valence-electron chi connectivity index (χ4n) is 1.34. The molecule has 1 aliphatic heterocycles. The number of hydrogen-bond donors (Lipinski definition) is 0. The highest BCUT2D eigenvalue weighted by molar-refractivity contribution is 4.75. The number of halogens is 7. The van der Waals surface area contributed by atoms with Crippen LogP contribution in [0.25, 0.3) is 0 Å². The lowest BCUT2D eigenvalue weighted by Gasteiger charge is -2.33. The van der Waals surface area contributed by atoms with Crippen LogP contribution in [0, 0.1) is 0 Å². The van der Waals surface area contributed by atoms with E-state index in [9.17, 15) is 30.7 Å². The van der Waals surface area contributed by atoms with Gasteiger partial charge in [-0.05, 0) is 0 Å². The minimum absolute atomic E-state index is 0.00366. The zero-order valence-corrected chi connectivity index (χ0v) is 9.60. The molecule has 114 valence electrons. The fraction of sp³-hybridized carbons (Fsp3) is 1.00. The molecule has 0 N–H and O–H groups in total. The van der Waals surface area contributed by atoms with Crippen LogP contribution in [0.4, 0.5) is 30.7 Å². The maximum atomic E-state index is 13.4. The normalized spacial score (nSPS) is 20.8. The number of rotatable bonds is 6. The molecule has 19 heavy (non-hydrogen) atoms. The maximum Gasteiger partial charge on any atom is 0.400 e. The molecule has 1 aliphatic rings. The molecule has 0 bridgehead atoms. The van der Waals surface area contributed by atoms with Crippen LogP contribution in [0.15, 0.2) is 0 Å². The van der Waals surface area contributed by atoms with Gasteiger partial charge in [-0.2, -0.15) is 17.6 Å². The van der Waals surface area contributed by atoms with Crippen LogP contribution in [0.3, 0.4) is 0 Å². The van der Waals surface area contributed by atoms with Crippen LogP contribution in [-0.2, 0) is 9.47 Å². The molecule has 10 heteroatoms. The Balaban J connectivity index is 2.54. The molecular weight excluding hydrogens is 287 g/mol. The summed E-state index contributed by atoms with van der Waals surface area (Å²) in [7, 11) is 0. The molecule has 0 aromatic carbocycles. The molecule has 1 atom stereocenters. The number of ether oxygens (including phenoxy) is 2. The Morgan fingerprint density at radius 3 is 2.05 bits per heavy atom. The van der Waals surface area contributed by atoms with Gasteiger partial charge in [0.1, 0.15) is 6.61 Å². The summed E-state index contributed by atoms with van der Waals surface area (Å²) in [6.07, 6.45) is -11.8. The van der Waals surface area contributed by atoms with E-state index in [-0.39, 0.29) is 26.3 Å². The Morgan fingerprint density at radius 1 is 1.05 bits per heavy atom. The SMILES string of the molecule is FC(F)C(F)(F)COC(F)(F)C(F)N1CCOCC1. The van der Waals surface area contributed by atoms with Crippen LogP contribution in [0.1, 0.15) is 0 Å². The second kappa shape index (κ2) is 6.23. The number of morpholine rings is 1. The predicted octanol–water partition coefficient (Wildman–Crippen LogP) is 2.12. The van der Waals surface area contributed by atoms with Gasteiger partial charge in [-0.15, -0.1) is 0 Å². The fourth-order valence-corrected chi connectivity index (χ4v) is 1.34. The molecule has 0 spiro atoms. The Labute approximate surface area is 104 Å². The minimum Gasteiger partial charge on any atom is -0.379 e. The Hall–Kier alpha value is -0.610. The van der Waals surface area contributed by atoms with E-state index in [2.05, 4.69) is 4.74 Å². The van der Waals surface area contributed by atoms with Crippen molar-refractivity contribution in [2.75, 3.05) is 32.9 Å². The van der Waals surface area contributed by atoms with Crippen molar-refractivity contribution in [2.24, 2.45) is 0 Å². The minimum atomic E-state index is -4.76. The molecule has 3 nitrogen and oxygen atoms in total. The van der Waals surface area contributed by atoms with Gasteiger partial charge in [-0.3, -0.25) is 4.90 Å². The van der Waals surface area contributed by atoms with Gasteiger partial charge < -0.3 is 9.47 Å². The Bertz CT molecular complexity index is 284. The second-order valence-corrected chi connectivity index (χ2v) is 3.90. The molecule has 1 unspecified atom stereocenters. The van der Waals surface area contributed by atoms with Crippen molar-refractivity contribution in [1.82, 2.24) is 4.90 Å². The van der Waals surface area contributed by atoms with Gasteiger partial charge in [-0.25, -0.2) is 13.2 Å². The maximum absolute atomic E-state index is 13.4. The first-order valence-electron chi connectivity index (χ1n) is 5.30. The van der Waals surface area contributed by atoms with E-state index in [0.717, 1.165) is 0 Å². The molecule has 0 amide bonds. The van der Waals surface area contributed by atoms with Crippen molar-refractivity contribution in [1.29, 1.82) is 0 Å². The van der Waals surface area contributed by atoms with Crippen LogP contribution < -0.4 is 0 Å². The van der Waals surface area contributed by atoms with Crippen LogP contribution in [0.5, 0.6) is 0 Å². The van der Waals surface area contributed by atoms with E-state index in [4.69, 9.17) is 4.74 Å². The first kappa shape index (κ1) is 16.4. The largest absolute Gasteiger partial charge is 0.400 e. The third-order valence-corrected chi connectivity index (χ3v) is 2.42. The van der Waals surface area contributed by atoms with E-state index in [1.165, 1.54) is 0 Å². The second-order valence-electron chi connectivity index (χ2n) is 3.90. The quantitative estimate of drug-likeness (QED) is 0.554. The summed E-state index contributed by atoms with van der Waals surface area (Å²) in [5.41, 5.74) is 0. The topological polar surface area (TPSA) is 21.7 Å². The van der Waals surface area contributed by atoms with Crippen molar-refractivity contribution in [3.63, 3.8) is 0 Å². The summed E-state index contributed by atoms with van der Waals surface area (Å²) in [4.78, 5) is 0.629. The van der Waals surface area contributed by atoms with Gasteiger partial charge >= 0.3 is 18.5 Å². The first-order valence-corrected chi connectivity index (χ1v) is 5.30. The first-order chi connectivity index (χ1) is 8.67. The number of hydrogen-bond acceptors (Lipinski definition) is 3. The molecule has 0 aliphatic carbocycles. The van der Waals surface area contributed by atoms with E-state index in [1.807, 2.05) is 0 Å². The molecule has 0 aromatic rings. The monoisotopic (exact) mass is 299 g/mol. The summed E-state index contributed by atoms with van der Waals surface area (Å²) in [5.74, 6) is -4.76. The Morgan fingerprint density at radius 2 is 1.58 bits per heavy atom. The van der Waals surface area contributed by atoms with Gasteiger partial charge in [0.05, 0.1) is 13.2 Å². The van der Waals surface area contributed by atoms with Gasteiger partial charge in [-0.1, -0.05) is 0 Å². The summed E-state index contributed by atoms with van der Waals surface area (Å²) < 4.78 is 96.2. The van der Waals surface area contributed by atoms with Crippen molar-refractivity contribution < 1.29 is 40.2 Å². The summed E-state index contributed by atoms with van der Waals surface area (Å²) in [5, 5.41) is 0. The lowest BCUT2D eigenvalue weighted by molar-refractivity contribution is -0.328. The van der Waals surface area contributed by atoms with Crippen LogP contribution >= 0.6 is 0 Å². The summed E-state index contributed by atoms with van der Waals surface area (Å²) in [6.45, 7) is -2.60. The molecule has 0 radical (unpaired) electrons. The van der Waals surface area contributed by atoms with Crippen LogP contribution in [-0.4, -0.2) is 62.6 Å². The molecule has 0 saturated carbocycles. The molecule has 1 rings (SSSR count). The van der Waals surface area contributed by atoms with Crippen molar-refractivity contribution in [3.05, 3.63) is 0 Å². The standard InChI is InChI=1S/C9H12F7NO2/c10-6(11)8(13,14)5-19-9(15,16)7(12)17-1-3-18-4-2-17/h6-7H,1-5H2. The highest BCUT2D eigenvalue weighted by atomic mass is 19.3. The average molecular weight is 299 g/mol. The van der Waals surface area contributed by atoms with Gasteiger partial charge in [0, 0.05) is 13.1 Å². The van der Waals surface area contributed by atoms with E-state index >= 15 is 0 Å². The average Bonchev–Trinajstić information content (AvgIpc) is 2.36. The van der Waals surface area contributed by atoms with Crippen molar-refractivity contribution in [2.45, 2.75) is 24.8 Å². The molecular formula is C9H12F7NO2. The molecule has 1 fully saturated rings. The molecule has 0 aromatic heterocycles. The lowest BCUT2D eigenvalue weighted by atomic mass is 10.3. The third kappa shape index (κ3) is 4.46. The lowest BCUT2D eigenvalue weighted by Crippen LogP contribution is -2.52. The highest BCUT2D eigenvalue weighted by Crippen LogP contribution is 2.31. The van der Waals surface area contributed by atoms with Gasteiger partial charge in [0.25, 0.3) is 0 Å². The Kier molecular flexibility index (Phi) is 5.39. The van der Waals surface area contributed by atoms with E-state index in [0.29, 0.717) is 4.90 Å². The summed E-state index contributed by atoms with van der Waals surface area (Å²) in [6, 6.07) is 0. The van der Waals surface area contributed by atoms with Crippen molar-refractivity contribution in [3.8, 4) is 0 Å². The zero-order chi connectivity index (χ0) is 14.7. The van der Waals surface area contributed by atoms with E-state index in [1.54, 1.807) is 0 Å². The summed E-state index contributed by atoms with van der Waals surface area (Å²) >= 11 is 0. The van der Waals surface area contributed by atoms with Crippen LogP contribution in [0.2, 0.25) is 0 Å². The van der Waals surface area contributed by atoms with Crippen molar-refractivity contribution >= 4 is 0 Å². The van der Waals surface area contributed by atoms with Gasteiger partial charge in [0.15, 0.2) is 0 Å². The number of alkyl halides is 7.